The molecule has 1 aromatic rings. The van der Waals surface area contributed by atoms with Crippen LogP contribution < -0.4 is 5.32 Å². The van der Waals surface area contributed by atoms with E-state index in [1.165, 1.54) is 23.2 Å². The smallest absolute Gasteiger partial charge is 0.303 e. The number of carbonyl (C=O) groups is 1. The number of rotatable bonds is 4. The minimum absolute atomic E-state index is 0.192. The summed E-state index contributed by atoms with van der Waals surface area (Å²) in [6.07, 6.45) is 3.32. The number of carboxylic acids is 1. The number of nitrogens with one attached hydrogen (secondary N) is 1. The average Bonchev–Trinajstić information content (AvgIpc) is 2.26. The zero-order chi connectivity index (χ0) is 13.2. The summed E-state index contributed by atoms with van der Waals surface area (Å²) >= 11 is 0. The molecule has 0 bridgehead atoms. The molecule has 2 N–H and O–H groups in total. The molecule has 98 valence electrons. The third-order valence-corrected chi connectivity index (χ3v) is 3.42. The van der Waals surface area contributed by atoms with E-state index in [2.05, 4.69) is 23.5 Å². The quantitative estimate of drug-likeness (QED) is 0.859. The summed E-state index contributed by atoms with van der Waals surface area (Å²) in [4.78, 5) is 10.8. The number of carboxylic acid groups (broad SMARTS) is 1. The molecule has 1 aliphatic rings. The maximum atomic E-state index is 10.8. The van der Waals surface area contributed by atoms with Gasteiger partial charge < -0.3 is 10.4 Å². The minimum atomic E-state index is -0.723. The lowest BCUT2D eigenvalue weighted by molar-refractivity contribution is -0.139. The first-order valence-electron chi connectivity index (χ1n) is 6.54. The average molecular weight is 247 g/mol. The summed E-state index contributed by atoms with van der Waals surface area (Å²) < 4.78 is 0. The molecule has 0 saturated heterocycles. The van der Waals surface area contributed by atoms with Crippen molar-refractivity contribution in [3.8, 4) is 0 Å². The van der Waals surface area contributed by atoms with Crippen molar-refractivity contribution in [1.82, 2.24) is 0 Å². The van der Waals surface area contributed by atoms with Crippen molar-refractivity contribution in [3.05, 3.63) is 29.3 Å². The van der Waals surface area contributed by atoms with Crippen LogP contribution in [0.5, 0.6) is 0 Å². The summed E-state index contributed by atoms with van der Waals surface area (Å²) in [5.74, 6) is -0.723. The fraction of sp³-hybridized carbons (Fsp3) is 0.533. The maximum Gasteiger partial charge on any atom is 0.303 e. The molecule has 0 saturated carbocycles. The SMILES string of the molecule is CC(C)(CC(=O)O)Cc1ccc2c(c1)CCCN2. The van der Waals surface area contributed by atoms with Crippen LogP contribution in [-0.4, -0.2) is 17.6 Å². The van der Waals surface area contributed by atoms with Crippen LogP contribution in [0.25, 0.3) is 0 Å². The van der Waals surface area contributed by atoms with Gasteiger partial charge in [-0.3, -0.25) is 4.79 Å². The van der Waals surface area contributed by atoms with E-state index in [1.807, 2.05) is 13.8 Å². The molecule has 2 rings (SSSR count). The Hall–Kier alpha value is -1.51. The van der Waals surface area contributed by atoms with Crippen LogP contribution in [0.3, 0.4) is 0 Å². The molecule has 0 spiro atoms. The third kappa shape index (κ3) is 3.25. The van der Waals surface area contributed by atoms with Gasteiger partial charge in [-0.1, -0.05) is 26.0 Å². The van der Waals surface area contributed by atoms with Gasteiger partial charge in [-0.25, -0.2) is 0 Å². The standard InChI is InChI=1S/C15H21NO2/c1-15(2,10-14(17)18)9-11-5-6-13-12(8-11)4-3-7-16-13/h5-6,8,16H,3-4,7,9-10H2,1-2H3,(H,17,18). The zero-order valence-electron chi connectivity index (χ0n) is 11.1. The Kier molecular flexibility index (Phi) is 3.60. The number of benzene rings is 1. The van der Waals surface area contributed by atoms with Crippen LogP contribution in [0, 0.1) is 5.41 Å². The van der Waals surface area contributed by atoms with Gasteiger partial charge in [0.15, 0.2) is 0 Å². The highest BCUT2D eigenvalue weighted by molar-refractivity contribution is 5.67. The molecular weight excluding hydrogens is 226 g/mol. The Morgan fingerprint density at radius 1 is 1.44 bits per heavy atom. The second-order valence-corrected chi connectivity index (χ2v) is 5.93. The van der Waals surface area contributed by atoms with E-state index >= 15 is 0 Å². The van der Waals surface area contributed by atoms with Gasteiger partial charge in [0.25, 0.3) is 0 Å². The number of fused-ring (bicyclic) bond motifs is 1. The van der Waals surface area contributed by atoms with E-state index in [1.54, 1.807) is 0 Å². The van der Waals surface area contributed by atoms with Crippen molar-refractivity contribution in [2.75, 3.05) is 11.9 Å². The second-order valence-electron chi connectivity index (χ2n) is 5.93. The molecule has 0 aliphatic carbocycles. The summed E-state index contributed by atoms with van der Waals surface area (Å²) in [6.45, 7) is 5.08. The number of anilines is 1. The van der Waals surface area contributed by atoms with Gasteiger partial charge >= 0.3 is 5.97 Å². The maximum absolute atomic E-state index is 10.8. The van der Waals surface area contributed by atoms with E-state index in [4.69, 9.17) is 5.11 Å². The van der Waals surface area contributed by atoms with Crippen molar-refractivity contribution in [2.45, 2.75) is 39.5 Å². The molecule has 0 unspecified atom stereocenters. The number of aryl methyl sites for hydroxylation is 1. The fourth-order valence-corrected chi connectivity index (χ4v) is 2.66. The van der Waals surface area contributed by atoms with Crippen LogP contribution in [0.1, 0.15) is 37.8 Å². The molecule has 1 heterocycles. The second kappa shape index (κ2) is 5.01. The van der Waals surface area contributed by atoms with E-state index < -0.39 is 5.97 Å². The summed E-state index contributed by atoms with van der Waals surface area (Å²) in [5.41, 5.74) is 3.65. The van der Waals surface area contributed by atoms with E-state index in [-0.39, 0.29) is 11.8 Å². The predicted octanol–water partition coefficient (Wildman–Crippen LogP) is 3.09. The first kappa shape index (κ1) is 12.9. The normalized spacial score (nSPS) is 14.8. The van der Waals surface area contributed by atoms with Crippen LogP contribution in [0.15, 0.2) is 18.2 Å². The molecule has 0 atom stereocenters. The van der Waals surface area contributed by atoms with Crippen LogP contribution in [0.4, 0.5) is 5.69 Å². The van der Waals surface area contributed by atoms with Crippen LogP contribution in [0.2, 0.25) is 0 Å². The molecule has 0 fully saturated rings. The molecule has 18 heavy (non-hydrogen) atoms. The molecule has 0 radical (unpaired) electrons. The number of hydrogen-bond donors (Lipinski definition) is 2. The third-order valence-electron chi connectivity index (χ3n) is 3.42. The number of hydrogen-bond acceptors (Lipinski definition) is 2. The molecule has 1 aliphatic heterocycles. The van der Waals surface area contributed by atoms with Crippen molar-refractivity contribution in [1.29, 1.82) is 0 Å². The fourth-order valence-electron chi connectivity index (χ4n) is 2.66. The largest absolute Gasteiger partial charge is 0.481 e. The van der Waals surface area contributed by atoms with E-state index in [0.29, 0.717) is 0 Å². The highest BCUT2D eigenvalue weighted by Gasteiger charge is 2.22. The monoisotopic (exact) mass is 247 g/mol. The summed E-state index contributed by atoms with van der Waals surface area (Å²) in [6, 6.07) is 6.46. The van der Waals surface area contributed by atoms with Gasteiger partial charge in [0.1, 0.15) is 0 Å². The number of aliphatic carboxylic acids is 1. The molecule has 3 nitrogen and oxygen atoms in total. The molecule has 1 aromatic carbocycles. The lowest BCUT2D eigenvalue weighted by atomic mass is 9.82. The Bertz CT molecular complexity index is 452. The highest BCUT2D eigenvalue weighted by Crippen LogP contribution is 2.29. The molecular formula is C15H21NO2. The van der Waals surface area contributed by atoms with Gasteiger partial charge in [-0.15, -0.1) is 0 Å². The summed E-state index contributed by atoms with van der Waals surface area (Å²) in [5, 5.41) is 12.3. The Morgan fingerprint density at radius 3 is 2.94 bits per heavy atom. The predicted molar refractivity (Wildman–Crippen MR) is 73.0 cm³/mol. The first-order chi connectivity index (χ1) is 8.46. The van der Waals surface area contributed by atoms with Gasteiger partial charge in [0.2, 0.25) is 0 Å². The Labute approximate surface area is 108 Å². The Morgan fingerprint density at radius 2 is 2.22 bits per heavy atom. The highest BCUT2D eigenvalue weighted by atomic mass is 16.4. The zero-order valence-corrected chi connectivity index (χ0v) is 11.1. The van der Waals surface area contributed by atoms with Gasteiger partial charge in [0, 0.05) is 12.2 Å². The van der Waals surface area contributed by atoms with Crippen molar-refractivity contribution < 1.29 is 9.90 Å². The van der Waals surface area contributed by atoms with E-state index in [9.17, 15) is 4.79 Å². The van der Waals surface area contributed by atoms with Crippen molar-refractivity contribution in [3.63, 3.8) is 0 Å². The van der Waals surface area contributed by atoms with Crippen LogP contribution in [-0.2, 0) is 17.6 Å². The van der Waals surface area contributed by atoms with Crippen molar-refractivity contribution in [2.24, 2.45) is 5.41 Å². The molecule has 0 amide bonds. The van der Waals surface area contributed by atoms with Crippen LogP contribution >= 0.6 is 0 Å². The van der Waals surface area contributed by atoms with Gasteiger partial charge in [-0.2, -0.15) is 0 Å². The molecule has 0 aromatic heterocycles. The van der Waals surface area contributed by atoms with Gasteiger partial charge in [0.05, 0.1) is 6.42 Å². The topological polar surface area (TPSA) is 49.3 Å². The lowest BCUT2D eigenvalue weighted by Crippen LogP contribution is -2.20. The van der Waals surface area contributed by atoms with Crippen molar-refractivity contribution >= 4 is 11.7 Å². The van der Waals surface area contributed by atoms with Gasteiger partial charge in [-0.05, 0) is 41.9 Å². The Balaban J connectivity index is 2.12. The lowest BCUT2D eigenvalue weighted by Gasteiger charge is -2.24. The van der Waals surface area contributed by atoms with E-state index in [0.717, 1.165) is 19.4 Å². The summed E-state index contributed by atoms with van der Waals surface area (Å²) in [7, 11) is 0. The molecule has 3 heteroatoms. The first-order valence-corrected chi connectivity index (χ1v) is 6.54. The minimum Gasteiger partial charge on any atom is -0.481 e.